The molecule has 3 aromatic carbocycles. The van der Waals surface area contributed by atoms with Crippen molar-refractivity contribution in [1.29, 1.82) is 0 Å². The Balaban J connectivity index is 1.40. The number of benzene rings is 3. The van der Waals surface area contributed by atoms with Crippen molar-refractivity contribution in [2.75, 3.05) is 33.4 Å². The highest BCUT2D eigenvalue weighted by Gasteiger charge is 2.14. The van der Waals surface area contributed by atoms with Crippen LogP contribution in [-0.2, 0) is 0 Å². The molecule has 0 amide bonds. The van der Waals surface area contributed by atoms with E-state index in [4.69, 9.17) is 9.47 Å². The van der Waals surface area contributed by atoms with Gasteiger partial charge in [0.25, 0.3) is 5.56 Å². The van der Waals surface area contributed by atoms with Crippen LogP contribution in [0, 0.1) is 6.92 Å². The Morgan fingerprint density at radius 2 is 1.68 bits per heavy atom. The third kappa shape index (κ3) is 4.54. The van der Waals surface area contributed by atoms with E-state index in [1.807, 2.05) is 36.4 Å². The quantitative estimate of drug-likeness (QED) is 0.399. The lowest BCUT2D eigenvalue weighted by atomic mass is 10.0. The van der Waals surface area contributed by atoms with Crippen molar-refractivity contribution in [3.63, 3.8) is 0 Å². The van der Waals surface area contributed by atoms with Gasteiger partial charge in [0.2, 0.25) is 0 Å². The molecule has 6 heteroatoms. The molecule has 0 unspecified atom stereocenters. The smallest absolute Gasteiger partial charge is 0.265 e. The summed E-state index contributed by atoms with van der Waals surface area (Å²) in [4.78, 5) is 20.3. The largest absolute Gasteiger partial charge is 0.493 e. The van der Waals surface area contributed by atoms with Crippen molar-refractivity contribution in [3.05, 3.63) is 82.9 Å². The van der Waals surface area contributed by atoms with E-state index in [2.05, 4.69) is 41.1 Å². The van der Waals surface area contributed by atoms with Crippen LogP contribution in [-0.4, -0.2) is 47.8 Å². The van der Waals surface area contributed by atoms with E-state index in [0.29, 0.717) is 34.7 Å². The second kappa shape index (κ2) is 9.69. The number of methoxy groups -OCH3 is 1. The topological polar surface area (TPSA) is 56.6 Å². The molecule has 0 spiro atoms. The predicted octanol–water partition coefficient (Wildman–Crippen LogP) is 4.84. The summed E-state index contributed by atoms with van der Waals surface area (Å²) >= 11 is 0. The third-order valence-electron chi connectivity index (χ3n) is 6.43. The molecule has 6 nitrogen and oxygen atoms in total. The molecule has 0 radical (unpaired) electrons. The van der Waals surface area contributed by atoms with Crippen molar-refractivity contribution in [3.8, 4) is 28.3 Å². The van der Waals surface area contributed by atoms with Gasteiger partial charge in [0.1, 0.15) is 12.9 Å². The summed E-state index contributed by atoms with van der Waals surface area (Å²) in [7, 11) is 1.61. The van der Waals surface area contributed by atoms with Crippen LogP contribution in [0.2, 0.25) is 0 Å². The third-order valence-corrected chi connectivity index (χ3v) is 6.43. The molecule has 174 valence electrons. The first kappa shape index (κ1) is 22.2. The maximum Gasteiger partial charge on any atom is 0.265 e. The number of aromatic nitrogens is 2. The minimum Gasteiger partial charge on any atom is -0.493 e. The Kier molecular flexibility index (Phi) is 6.32. The average Bonchev–Trinajstić information content (AvgIpc) is 3.38. The first-order valence-corrected chi connectivity index (χ1v) is 11.7. The van der Waals surface area contributed by atoms with Gasteiger partial charge >= 0.3 is 0 Å². The monoisotopic (exact) mass is 455 g/mol. The minimum absolute atomic E-state index is 0.120. The number of aryl methyl sites for hydroxylation is 1. The number of ether oxygens (including phenoxy) is 2. The Morgan fingerprint density at radius 1 is 0.912 bits per heavy atom. The fourth-order valence-corrected chi connectivity index (χ4v) is 4.45. The van der Waals surface area contributed by atoms with Crippen LogP contribution in [0.3, 0.4) is 0 Å². The first-order chi connectivity index (χ1) is 16.6. The maximum atomic E-state index is 13.3. The molecule has 0 N–H and O–H groups in total. The van der Waals surface area contributed by atoms with Crippen LogP contribution in [0.15, 0.2) is 71.8 Å². The fraction of sp³-hybridized carbons (Fsp3) is 0.286. The molecule has 4 aromatic rings. The Bertz CT molecular complexity index is 1360. The summed E-state index contributed by atoms with van der Waals surface area (Å²) in [5.74, 6) is 1.27. The molecule has 34 heavy (non-hydrogen) atoms. The summed E-state index contributed by atoms with van der Waals surface area (Å²) in [6.07, 6.45) is 4.10. The van der Waals surface area contributed by atoms with Crippen molar-refractivity contribution >= 4 is 10.9 Å². The zero-order valence-corrected chi connectivity index (χ0v) is 19.7. The summed E-state index contributed by atoms with van der Waals surface area (Å²) in [5.41, 5.74) is 4.59. The van der Waals surface area contributed by atoms with Crippen LogP contribution < -0.4 is 15.0 Å². The van der Waals surface area contributed by atoms with E-state index in [1.165, 1.54) is 18.4 Å². The van der Waals surface area contributed by atoms with E-state index in [1.54, 1.807) is 18.0 Å². The lowest BCUT2D eigenvalue weighted by Gasteiger charge is -2.17. The van der Waals surface area contributed by atoms with E-state index < -0.39 is 0 Å². The van der Waals surface area contributed by atoms with Gasteiger partial charge in [-0.3, -0.25) is 14.3 Å². The standard InChI is InChI=1S/C28H29N3O3/c1-20-5-7-21(8-6-20)22-9-11-24-25(17-22)29-19-31(28(24)32)23-10-12-26(27(18-23)33-2)34-16-15-30-13-3-4-14-30/h5-12,17-19H,3-4,13-16H2,1-2H3. The van der Waals surface area contributed by atoms with Gasteiger partial charge in [-0.2, -0.15) is 0 Å². The number of nitrogens with zero attached hydrogens (tertiary/aromatic N) is 3. The highest BCUT2D eigenvalue weighted by molar-refractivity contribution is 5.83. The Hall–Kier alpha value is -3.64. The number of hydrogen-bond donors (Lipinski definition) is 0. The summed E-state index contributed by atoms with van der Waals surface area (Å²) in [6.45, 7) is 5.87. The number of likely N-dealkylation sites (tertiary alicyclic amines) is 1. The van der Waals surface area contributed by atoms with Crippen molar-refractivity contribution in [2.45, 2.75) is 19.8 Å². The van der Waals surface area contributed by atoms with Gasteiger partial charge in [-0.25, -0.2) is 4.98 Å². The van der Waals surface area contributed by atoms with Gasteiger partial charge in [-0.05, 0) is 68.2 Å². The van der Waals surface area contributed by atoms with Gasteiger partial charge in [0, 0.05) is 12.6 Å². The predicted molar refractivity (Wildman–Crippen MR) is 135 cm³/mol. The summed E-state index contributed by atoms with van der Waals surface area (Å²) < 4.78 is 13.1. The van der Waals surface area contributed by atoms with Crippen molar-refractivity contribution in [2.24, 2.45) is 0 Å². The normalized spacial score (nSPS) is 13.9. The van der Waals surface area contributed by atoms with Gasteiger partial charge in [-0.15, -0.1) is 0 Å². The number of hydrogen-bond acceptors (Lipinski definition) is 5. The zero-order chi connectivity index (χ0) is 23.5. The Labute approximate surface area is 199 Å². The Morgan fingerprint density at radius 3 is 2.44 bits per heavy atom. The van der Waals surface area contributed by atoms with Gasteiger partial charge in [0.05, 0.1) is 23.7 Å². The molecular formula is C28H29N3O3. The van der Waals surface area contributed by atoms with Crippen LogP contribution in [0.5, 0.6) is 11.5 Å². The summed E-state index contributed by atoms with van der Waals surface area (Å²) in [6, 6.07) is 19.7. The molecule has 1 saturated heterocycles. The van der Waals surface area contributed by atoms with Crippen LogP contribution >= 0.6 is 0 Å². The molecule has 0 aliphatic carbocycles. The molecule has 0 bridgehead atoms. The van der Waals surface area contributed by atoms with Gasteiger partial charge < -0.3 is 9.47 Å². The van der Waals surface area contributed by atoms with E-state index in [0.717, 1.165) is 30.8 Å². The van der Waals surface area contributed by atoms with Gasteiger partial charge in [-0.1, -0.05) is 35.9 Å². The molecule has 0 saturated carbocycles. The van der Waals surface area contributed by atoms with E-state index in [9.17, 15) is 4.79 Å². The van der Waals surface area contributed by atoms with Crippen LogP contribution in [0.25, 0.3) is 27.7 Å². The maximum absolute atomic E-state index is 13.3. The molecule has 5 rings (SSSR count). The molecule has 1 aliphatic rings. The number of fused-ring (bicyclic) bond motifs is 1. The van der Waals surface area contributed by atoms with E-state index >= 15 is 0 Å². The molecule has 1 aromatic heterocycles. The van der Waals surface area contributed by atoms with Crippen molar-refractivity contribution in [1.82, 2.24) is 14.5 Å². The van der Waals surface area contributed by atoms with Crippen LogP contribution in [0.1, 0.15) is 18.4 Å². The molecule has 1 aliphatic heterocycles. The van der Waals surface area contributed by atoms with E-state index in [-0.39, 0.29) is 5.56 Å². The lowest BCUT2D eigenvalue weighted by molar-refractivity contribution is 0.230. The van der Waals surface area contributed by atoms with Crippen molar-refractivity contribution < 1.29 is 9.47 Å². The highest BCUT2D eigenvalue weighted by atomic mass is 16.5. The molecule has 2 heterocycles. The second-order valence-electron chi connectivity index (χ2n) is 8.75. The highest BCUT2D eigenvalue weighted by Crippen LogP contribution is 2.30. The molecule has 1 fully saturated rings. The lowest BCUT2D eigenvalue weighted by Crippen LogP contribution is -2.25. The SMILES string of the molecule is COc1cc(-n2cnc3cc(-c4ccc(C)cc4)ccc3c2=O)ccc1OCCN1CCCC1. The summed E-state index contributed by atoms with van der Waals surface area (Å²) in [5, 5.41) is 0.572. The van der Waals surface area contributed by atoms with Crippen LogP contribution in [0.4, 0.5) is 0 Å². The molecule has 0 atom stereocenters. The average molecular weight is 456 g/mol. The second-order valence-corrected chi connectivity index (χ2v) is 8.75. The fourth-order valence-electron chi connectivity index (χ4n) is 4.45. The first-order valence-electron chi connectivity index (χ1n) is 11.7. The zero-order valence-electron chi connectivity index (χ0n) is 19.7. The van der Waals surface area contributed by atoms with Gasteiger partial charge in [0.15, 0.2) is 11.5 Å². The number of rotatable bonds is 7. The molecular weight excluding hydrogens is 426 g/mol. The minimum atomic E-state index is -0.120.